The lowest BCUT2D eigenvalue weighted by Crippen LogP contribution is -2.46. The summed E-state index contributed by atoms with van der Waals surface area (Å²) in [7, 11) is 0. The number of hydrogen-bond donors (Lipinski definition) is 1. The summed E-state index contributed by atoms with van der Waals surface area (Å²) in [5.41, 5.74) is 2.56. The zero-order valence-corrected chi connectivity index (χ0v) is 14.9. The van der Waals surface area contributed by atoms with Gasteiger partial charge in [0.15, 0.2) is 0 Å². The molecule has 0 atom stereocenters. The van der Waals surface area contributed by atoms with Crippen molar-refractivity contribution in [2.24, 2.45) is 0 Å². The third-order valence-electron chi connectivity index (χ3n) is 4.80. The molecule has 1 aromatic rings. The number of halogens is 1. The molecule has 1 N–H and O–H groups in total. The zero-order valence-electron chi connectivity index (χ0n) is 14.1. The molecule has 1 fully saturated rings. The van der Waals surface area contributed by atoms with E-state index >= 15 is 0 Å². The summed E-state index contributed by atoms with van der Waals surface area (Å²) >= 11 is 6.39. The van der Waals surface area contributed by atoms with Crippen molar-refractivity contribution in [3.63, 3.8) is 0 Å². The van der Waals surface area contributed by atoms with Crippen LogP contribution >= 0.6 is 11.6 Å². The molecular weight excluding hydrogens is 312 g/mol. The molecule has 2 rings (SSSR count). The number of likely N-dealkylation sites (N-methyl/N-ethyl adjacent to an activating group) is 1. The van der Waals surface area contributed by atoms with Gasteiger partial charge in [-0.25, -0.2) is 0 Å². The van der Waals surface area contributed by atoms with E-state index in [1.807, 2.05) is 19.1 Å². The van der Waals surface area contributed by atoms with Crippen molar-refractivity contribution in [1.29, 1.82) is 0 Å². The van der Waals surface area contributed by atoms with Crippen LogP contribution < -0.4 is 0 Å². The number of piperidine rings is 1. The predicted molar refractivity (Wildman–Crippen MR) is 94.0 cm³/mol. The standard InChI is InChI=1S/C18H27ClN2O2/c1-3-14-6-5-7-17(19)16(14)12-20-10-8-15(9-11-20)21(4-2)13-18(22)23/h5-7,15H,3-4,8-13H2,1-2H3,(H,22,23). The summed E-state index contributed by atoms with van der Waals surface area (Å²) in [6.45, 7) is 8.01. The monoisotopic (exact) mass is 338 g/mol. The summed E-state index contributed by atoms with van der Waals surface area (Å²) in [4.78, 5) is 15.5. The summed E-state index contributed by atoms with van der Waals surface area (Å²) in [6.07, 6.45) is 3.04. The molecule has 1 aromatic carbocycles. The molecule has 0 aliphatic carbocycles. The number of hydrogen-bond acceptors (Lipinski definition) is 3. The smallest absolute Gasteiger partial charge is 0.317 e. The highest BCUT2D eigenvalue weighted by Crippen LogP contribution is 2.25. The van der Waals surface area contributed by atoms with Gasteiger partial charge in [0.05, 0.1) is 6.54 Å². The second-order valence-corrected chi connectivity index (χ2v) is 6.60. The van der Waals surface area contributed by atoms with Crippen molar-refractivity contribution in [2.75, 3.05) is 26.2 Å². The minimum absolute atomic E-state index is 0.145. The first-order valence-electron chi connectivity index (χ1n) is 8.49. The van der Waals surface area contributed by atoms with Gasteiger partial charge in [0.1, 0.15) is 0 Å². The van der Waals surface area contributed by atoms with Crippen LogP contribution in [0.15, 0.2) is 18.2 Å². The lowest BCUT2D eigenvalue weighted by molar-refractivity contribution is -0.139. The molecule has 4 nitrogen and oxygen atoms in total. The van der Waals surface area contributed by atoms with E-state index in [1.165, 1.54) is 11.1 Å². The number of carboxylic acid groups (broad SMARTS) is 1. The van der Waals surface area contributed by atoms with Gasteiger partial charge in [-0.05, 0) is 56.1 Å². The molecule has 0 spiro atoms. The van der Waals surface area contributed by atoms with E-state index in [0.29, 0.717) is 6.04 Å². The molecule has 1 heterocycles. The summed E-state index contributed by atoms with van der Waals surface area (Å²) < 4.78 is 0. The summed E-state index contributed by atoms with van der Waals surface area (Å²) in [5, 5.41) is 9.87. The van der Waals surface area contributed by atoms with E-state index < -0.39 is 5.97 Å². The first kappa shape index (κ1) is 18.2. The molecule has 0 saturated carbocycles. The maximum atomic E-state index is 11.0. The van der Waals surface area contributed by atoms with Gasteiger partial charge in [-0.2, -0.15) is 0 Å². The SMILES string of the molecule is CCc1cccc(Cl)c1CN1CCC(N(CC)CC(=O)O)CC1. The third-order valence-corrected chi connectivity index (χ3v) is 5.15. The Morgan fingerprint density at radius 2 is 2.04 bits per heavy atom. The average Bonchev–Trinajstić information content (AvgIpc) is 2.55. The van der Waals surface area contributed by atoms with Crippen LogP contribution in [-0.2, 0) is 17.8 Å². The number of nitrogens with zero attached hydrogens (tertiary/aromatic N) is 2. The van der Waals surface area contributed by atoms with Crippen LogP contribution in [0.4, 0.5) is 0 Å². The maximum absolute atomic E-state index is 11.0. The highest BCUT2D eigenvalue weighted by atomic mass is 35.5. The van der Waals surface area contributed by atoms with Gasteiger partial charge in [-0.3, -0.25) is 14.6 Å². The molecule has 0 aromatic heterocycles. The van der Waals surface area contributed by atoms with Gasteiger partial charge in [0, 0.05) is 17.6 Å². The van der Waals surface area contributed by atoms with Crippen molar-refractivity contribution in [1.82, 2.24) is 9.80 Å². The van der Waals surface area contributed by atoms with Gasteiger partial charge in [-0.15, -0.1) is 0 Å². The Morgan fingerprint density at radius 1 is 1.35 bits per heavy atom. The first-order chi connectivity index (χ1) is 11.0. The highest BCUT2D eigenvalue weighted by molar-refractivity contribution is 6.31. The molecule has 128 valence electrons. The van der Waals surface area contributed by atoms with Crippen LogP contribution in [0.1, 0.15) is 37.8 Å². The zero-order chi connectivity index (χ0) is 16.8. The highest BCUT2D eigenvalue weighted by Gasteiger charge is 2.25. The second-order valence-electron chi connectivity index (χ2n) is 6.20. The molecule has 1 saturated heterocycles. The Kier molecular flexibility index (Phi) is 6.88. The van der Waals surface area contributed by atoms with Crippen molar-refractivity contribution in [3.8, 4) is 0 Å². The molecule has 1 aliphatic rings. The number of benzene rings is 1. The maximum Gasteiger partial charge on any atom is 0.317 e. The molecule has 23 heavy (non-hydrogen) atoms. The number of likely N-dealkylation sites (tertiary alicyclic amines) is 1. The summed E-state index contributed by atoms with van der Waals surface area (Å²) in [6, 6.07) is 6.51. The van der Waals surface area contributed by atoms with Gasteiger partial charge >= 0.3 is 5.97 Å². The normalized spacial score (nSPS) is 16.9. The third kappa shape index (κ3) is 4.93. The molecule has 0 amide bonds. The fourth-order valence-electron chi connectivity index (χ4n) is 3.45. The van der Waals surface area contributed by atoms with E-state index in [9.17, 15) is 4.79 Å². The average molecular weight is 339 g/mol. The molecule has 0 radical (unpaired) electrons. The number of carboxylic acids is 1. The topological polar surface area (TPSA) is 43.8 Å². The van der Waals surface area contributed by atoms with E-state index in [-0.39, 0.29) is 6.54 Å². The van der Waals surface area contributed by atoms with E-state index in [2.05, 4.69) is 22.8 Å². The van der Waals surface area contributed by atoms with Crippen LogP contribution in [-0.4, -0.2) is 53.1 Å². The van der Waals surface area contributed by atoms with Crippen LogP contribution in [0, 0.1) is 0 Å². The van der Waals surface area contributed by atoms with E-state index in [4.69, 9.17) is 16.7 Å². The first-order valence-corrected chi connectivity index (χ1v) is 8.87. The Morgan fingerprint density at radius 3 is 2.61 bits per heavy atom. The lowest BCUT2D eigenvalue weighted by atomic mass is 10.0. The van der Waals surface area contributed by atoms with Crippen molar-refractivity contribution < 1.29 is 9.90 Å². The summed E-state index contributed by atoms with van der Waals surface area (Å²) in [5.74, 6) is -0.738. The Hall–Kier alpha value is -1.10. The van der Waals surface area contributed by atoms with Crippen LogP contribution in [0.5, 0.6) is 0 Å². The number of aryl methyl sites for hydroxylation is 1. The molecule has 1 aliphatic heterocycles. The Labute approximate surface area is 144 Å². The van der Waals surface area contributed by atoms with Gasteiger partial charge in [-0.1, -0.05) is 37.6 Å². The molecular formula is C18H27ClN2O2. The lowest BCUT2D eigenvalue weighted by Gasteiger charge is -2.37. The second kappa shape index (κ2) is 8.67. The number of aliphatic carboxylic acids is 1. The Balaban J connectivity index is 1.94. The predicted octanol–water partition coefficient (Wildman–Crippen LogP) is 3.27. The van der Waals surface area contributed by atoms with E-state index in [1.54, 1.807) is 0 Å². The minimum Gasteiger partial charge on any atom is -0.480 e. The Bertz CT molecular complexity index is 528. The van der Waals surface area contributed by atoms with Crippen molar-refractivity contribution >= 4 is 17.6 Å². The van der Waals surface area contributed by atoms with Crippen molar-refractivity contribution in [3.05, 3.63) is 34.3 Å². The van der Waals surface area contributed by atoms with Gasteiger partial charge in [0.25, 0.3) is 0 Å². The fraction of sp³-hybridized carbons (Fsp3) is 0.611. The van der Waals surface area contributed by atoms with Crippen molar-refractivity contribution in [2.45, 2.75) is 45.7 Å². The number of rotatable bonds is 7. The van der Waals surface area contributed by atoms with Crippen LogP contribution in [0.2, 0.25) is 5.02 Å². The largest absolute Gasteiger partial charge is 0.480 e. The molecule has 0 unspecified atom stereocenters. The fourth-order valence-corrected chi connectivity index (χ4v) is 3.70. The van der Waals surface area contributed by atoms with Gasteiger partial charge < -0.3 is 5.11 Å². The van der Waals surface area contributed by atoms with Crippen LogP contribution in [0.25, 0.3) is 0 Å². The molecule has 0 bridgehead atoms. The van der Waals surface area contributed by atoms with Crippen LogP contribution in [0.3, 0.4) is 0 Å². The molecule has 5 heteroatoms. The quantitative estimate of drug-likeness (QED) is 0.828. The minimum atomic E-state index is -0.738. The van der Waals surface area contributed by atoms with E-state index in [0.717, 1.165) is 50.5 Å². The number of carbonyl (C=O) groups is 1. The van der Waals surface area contributed by atoms with Gasteiger partial charge in [0.2, 0.25) is 0 Å².